The molecule has 1 N–H and O–H groups in total. The molecule has 0 unspecified atom stereocenters. The second-order valence-corrected chi connectivity index (χ2v) is 5.09. The molecular formula is C14H14N2O3. The molecule has 0 radical (unpaired) electrons. The molecule has 1 saturated carbocycles. The Morgan fingerprint density at radius 1 is 1.37 bits per heavy atom. The number of nitrogens with zero attached hydrogens (tertiary/aromatic N) is 2. The molecule has 0 bridgehead atoms. The maximum Gasteiger partial charge on any atom is 0.325 e. The van der Waals surface area contributed by atoms with Gasteiger partial charge in [0.05, 0.1) is 5.71 Å². The highest BCUT2D eigenvalue weighted by atomic mass is 16.4. The number of carboxylic acids is 1. The van der Waals surface area contributed by atoms with E-state index in [0.717, 1.165) is 28.3 Å². The smallest absolute Gasteiger partial charge is 0.325 e. The lowest BCUT2D eigenvalue weighted by molar-refractivity contribution is -0.145. The number of fused-ring (bicyclic) bond motifs is 1. The van der Waals surface area contributed by atoms with Gasteiger partial charge in [0.2, 0.25) is 5.91 Å². The lowest BCUT2D eigenvalue weighted by Gasteiger charge is -2.21. The highest BCUT2D eigenvalue weighted by Gasteiger charge is 2.51. The molecule has 1 fully saturated rings. The molecule has 3 rings (SSSR count). The lowest BCUT2D eigenvalue weighted by Crippen LogP contribution is -2.37. The summed E-state index contributed by atoms with van der Waals surface area (Å²) in [5, 5.41) is 14.1. The summed E-state index contributed by atoms with van der Waals surface area (Å²) in [4.78, 5) is 22.6. The van der Waals surface area contributed by atoms with Crippen molar-refractivity contribution in [1.82, 2.24) is 5.01 Å². The van der Waals surface area contributed by atoms with Crippen molar-refractivity contribution >= 4 is 17.6 Å². The number of hydrogen-bond donors (Lipinski definition) is 1. The van der Waals surface area contributed by atoms with E-state index in [1.54, 1.807) is 0 Å². The van der Waals surface area contributed by atoms with E-state index in [1.807, 2.05) is 31.2 Å². The number of hydrazone groups is 1. The van der Waals surface area contributed by atoms with Crippen LogP contribution in [0.2, 0.25) is 0 Å². The molecule has 2 aliphatic rings. The third-order valence-electron chi connectivity index (χ3n) is 3.57. The Labute approximate surface area is 110 Å². The Morgan fingerprint density at radius 3 is 2.68 bits per heavy atom. The molecule has 5 heteroatoms. The molecule has 1 aromatic rings. The molecule has 0 aromatic heterocycles. The predicted octanol–water partition coefficient (Wildman–Crippen LogP) is 1.26. The first-order chi connectivity index (χ1) is 9.06. The number of amides is 1. The molecule has 0 spiro atoms. The third-order valence-corrected chi connectivity index (χ3v) is 3.57. The van der Waals surface area contributed by atoms with Crippen molar-refractivity contribution in [3.63, 3.8) is 0 Å². The van der Waals surface area contributed by atoms with Crippen molar-refractivity contribution in [3.8, 4) is 0 Å². The highest BCUT2D eigenvalue weighted by molar-refractivity contribution is 6.09. The fraction of sp³-hybridized carbons (Fsp3) is 0.357. The molecular weight excluding hydrogens is 244 g/mol. The lowest BCUT2D eigenvalue weighted by atomic mass is 10.0. The molecule has 98 valence electrons. The van der Waals surface area contributed by atoms with Gasteiger partial charge in [-0.1, -0.05) is 29.8 Å². The van der Waals surface area contributed by atoms with Gasteiger partial charge in [0, 0.05) is 11.8 Å². The Balaban J connectivity index is 1.93. The zero-order valence-corrected chi connectivity index (χ0v) is 10.5. The van der Waals surface area contributed by atoms with Crippen molar-refractivity contribution < 1.29 is 14.7 Å². The summed E-state index contributed by atoms with van der Waals surface area (Å²) in [6.45, 7) is 1.64. The number of rotatable bonds is 3. The SMILES string of the molecule is Cc1ccc(C2=NN(CC(=O)O)C(=O)[C@@H]3C[C@@H]23)cc1. The summed E-state index contributed by atoms with van der Waals surface area (Å²) in [5.41, 5.74) is 2.97. The molecule has 1 heterocycles. The molecule has 5 nitrogen and oxygen atoms in total. The minimum absolute atomic E-state index is 0.0758. The van der Waals surface area contributed by atoms with Crippen LogP contribution in [0.15, 0.2) is 29.4 Å². The van der Waals surface area contributed by atoms with Gasteiger partial charge in [0.15, 0.2) is 0 Å². The first kappa shape index (κ1) is 11.9. The molecule has 1 aliphatic carbocycles. The Bertz CT molecular complexity index is 577. The Morgan fingerprint density at radius 2 is 2.05 bits per heavy atom. The largest absolute Gasteiger partial charge is 0.480 e. The molecule has 1 amide bonds. The Kier molecular flexibility index (Phi) is 2.62. The summed E-state index contributed by atoms with van der Waals surface area (Å²) in [6.07, 6.45) is 0.779. The molecule has 1 aromatic carbocycles. The van der Waals surface area contributed by atoms with E-state index in [1.165, 1.54) is 0 Å². The third kappa shape index (κ3) is 2.12. The van der Waals surface area contributed by atoms with Gasteiger partial charge in [-0.05, 0) is 18.9 Å². The average molecular weight is 258 g/mol. The van der Waals surface area contributed by atoms with E-state index < -0.39 is 5.97 Å². The molecule has 2 atom stereocenters. The minimum Gasteiger partial charge on any atom is -0.480 e. The number of carbonyl (C=O) groups is 2. The number of aliphatic carboxylic acids is 1. The fourth-order valence-electron chi connectivity index (χ4n) is 2.45. The maximum absolute atomic E-state index is 11.9. The highest BCUT2D eigenvalue weighted by Crippen LogP contribution is 2.45. The van der Waals surface area contributed by atoms with Gasteiger partial charge in [-0.15, -0.1) is 0 Å². The van der Waals surface area contributed by atoms with E-state index in [2.05, 4.69) is 5.10 Å². The average Bonchev–Trinajstić information content (AvgIpc) is 3.14. The van der Waals surface area contributed by atoms with Gasteiger partial charge in [0.25, 0.3) is 0 Å². The molecule has 19 heavy (non-hydrogen) atoms. The van der Waals surface area contributed by atoms with Gasteiger partial charge in [-0.25, -0.2) is 5.01 Å². The molecule has 0 saturated heterocycles. The second kappa shape index (κ2) is 4.19. The van der Waals surface area contributed by atoms with Crippen molar-refractivity contribution in [2.75, 3.05) is 6.54 Å². The van der Waals surface area contributed by atoms with Crippen LogP contribution in [0.3, 0.4) is 0 Å². The van der Waals surface area contributed by atoms with Crippen molar-refractivity contribution in [2.24, 2.45) is 16.9 Å². The van der Waals surface area contributed by atoms with E-state index in [4.69, 9.17) is 5.11 Å². The fourth-order valence-corrected chi connectivity index (χ4v) is 2.45. The van der Waals surface area contributed by atoms with Gasteiger partial charge < -0.3 is 5.11 Å². The van der Waals surface area contributed by atoms with E-state index >= 15 is 0 Å². The quantitative estimate of drug-likeness (QED) is 0.887. The Hall–Kier alpha value is -2.17. The van der Waals surface area contributed by atoms with Crippen LogP contribution in [0.5, 0.6) is 0 Å². The summed E-state index contributed by atoms with van der Waals surface area (Å²) in [6, 6.07) is 7.93. The zero-order valence-electron chi connectivity index (χ0n) is 10.5. The molecule has 1 aliphatic heterocycles. The van der Waals surface area contributed by atoms with Crippen LogP contribution in [0.4, 0.5) is 0 Å². The van der Waals surface area contributed by atoms with Crippen LogP contribution in [0.25, 0.3) is 0 Å². The van der Waals surface area contributed by atoms with Crippen LogP contribution in [-0.4, -0.2) is 34.2 Å². The summed E-state index contributed by atoms with van der Waals surface area (Å²) >= 11 is 0. The van der Waals surface area contributed by atoms with Crippen molar-refractivity contribution in [1.29, 1.82) is 0 Å². The van der Waals surface area contributed by atoms with E-state index in [0.29, 0.717) is 0 Å². The van der Waals surface area contributed by atoms with Gasteiger partial charge >= 0.3 is 5.97 Å². The number of aryl methyl sites for hydroxylation is 1. The maximum atomic E-state index is 11.9. The number of carboxylic acid groups (broad SMARTS) is 1. The van der Waals surface area contributed by atoms with Gasteiger partial charge in [-0.3, -0.25) is 9.59 Å². The monoisotopic (exact) mass is 258 g/mol. The first-order valence-electron chi connectivity index (χ1n) is 6.25. The van der Waals surface area contributed by atoms with E-state index in [-0.39, 0.29) is 24.3 Å². The predicted molar refractivity (Wildman–Crippen MR) is 68.7 cm³/mol. The van der Waals surface area contributed by atoms with Crippen molar-refractivity contribution in [2.45, 2.75) is 13.3 Å². The summed E-state index contributed by atoms with van der Waals surface area (Å²) in [7, 11) is 0. The van der Waals surface area contributed by atoms with Crippen LogP contribution in [0.1, 0.15) is 17.5 Å². The van der Waals surface area contributed by atoms with Gasteiger partial charge in [-0.2, -0.15) is 5.10 Å². The van der Waals surface area contributed by atoms with Crippen LogP contribution in [0, 0.1) is 18.8 Å². The number of benzene rings is 1. The normalized spacial score (nSPS) is 24.8. The van der Waals surface area contributed by atoms with Crippen LogP contribution >= 0.6 is 0 Å². The zero-order chi connectivity index (χ0) is 13.6. The van der Waals surface area contributed by atoms with Crippen LogP contribution < -0.4 is 0 Å². The van der Waals surface area contributed by atoms with Crippen LogP contribution in [-0.2, 0) is 9.59 Å². The minimum atomic E-state index is -1.04. The first-order valence-corrected chi connectivity index (χ1v) is 6.25. The second-order valence-electron chi connectivity index (χ2n) is 5.09. The number of carbonyl (C=O) groups excluding carboxylic acids is 1. The topological polar surface area (TPSA) is 70.0 Å². The van der Waals surface area contributed by atoms with Crippen molar-refractivity contribution in [3.05, 3.63) is 35.4 Å². The summed E-state index contributed by atoms with van der Waals surface area (Å²) in [5.74, 6) is -1.11. The standard InChI is InChI=1S/C14H14N2O3/c1-8-2-4-9(5-3-8)13-10-6-11(10)14(19)16(15-13)7-12(17)18/h2-5,10-11H,6-7H2,1H3,(H,17,18)/t10-,11-/m1/s1. The van der Waals surface area contributed by atoms with E-state index in [9.17, 15) is 9.59 Å². The summed E-state index contributed by atoms with van der Waals surface area (Å²) < 4.78 is 0. The van der Waals surface area contributed by atoms with Gasteiger partial charge in [0.1, 0.15) is 6.54 Å². The number of hydrogen-bond acceptors (Lipinski definition) is 3.